The molecule has 20 rings (SSSR count). The molecule has 0 saturated heterocycles. The van der Waals surface area contributed by atoms with Crippen molar-refractivity contribution < 1.29 is 0 Å². The van der Waals surface area contributed by atoms with Crippen LogP contribution in [0.15, 0.2) is 309 Å². The maximum absolute atomic E-state index is 2.55. The van der Waals surface area contributed by atoms with Crippen molar-refractivity contribution >= 4 is 71.4 Å². The van der Waals surface area contributed by atoms with E-state index in [9.17, 15) is 0 Å². The SMILES string of the molecule is c1cc(-c2ccc(N(c3ccc4c(c3)C3(c5ccccc5-c5ccccc53)c3ccc5ccccc5c3-4)c3ccc4c(c3)C3(c5ccccc5-4)c4ccccc4-n4c5ccccc5c5cccc3c54)cc2)cc(-n2c3ccccc3c3ccccc32)c1. The maximum atomic E-state index is 2.55. The topological polar surface area (TPSA) is 13.1 Å². The molecule has 0 fully saturated rings. The molecule has 1 atom stereocenters. The first-order valence-corrected chi connectivity index (χ1v) is 30.4. The second-order valence-corrected chi connectivity index (χ2v) is 24.2. The summed E-state index contributed by atoms with van der Waals surface area (Å²) in [7, 11) is 0. The zero-order chi connectivity index (χ0) is 56.7. The zero-order valence-electron chi connectivity index (χ0n) is 47.3. The van der Waals surface area contributed by atoms with E-state index in [0.29, 0.717) is 0 Å². The van der Waals surface area contributed by atoms with Crippen LogP contribution in [0.5, 0.6) is 0 Å². The molecule has 402 valence electrons. The van der Waals surface area contributed by atoms with Gasteiger partial charge < -0.3 is 14.0 Å². The van der Waals surface area contributed by atoms with Gasteiger partial charge in [-0.1, -0.05) is 237 Å². The minimum atomic E-state index is -0.624. The van der Waals surface area contributed by atoms with Crippen molar-refractivity contribution in [1.29, 1.82) is 0 Å². The van der Waals surface area contributed by atoms with Gasteiger partial charge in [0.25, 0.3) is 0 Å². The van der Waals surface area contributed by atoms with Crippen molar-refractivity contribution in [3.8, 4) is 55.9 Å². The molecule has 2 spiro atoms. The van der Waals surface area contributed by atoms with Crippen LogP contribution < -0.4 is 4.90 Å². The first-order chi connectivity index (χ1) is 43.2. The Morgan fingerprint density at radius 2 is 0.724 bits per heavy atom. The molecule has 1 unspecified atom stereocenters. The van der Waals surface area contributed by atoms with E-state index in [1.54, 1.807) is 0 Å². The summed E-state index contributed by atoms with van der Waals surface area (Å²) in [5, 5.41) is 7.59. The summed E-state index contributed by atoms with van der Waals surface area (Å²) in [6.07, 6.45) is 0. The summed E-state index contributed by atoms with van der Waals surface area (Å²) in [5.41, 5.74) is 29.9. The van der Waals surface area contributed by atoms with Gasteiger partial charge in [0, 0.05) is 44.3 Å². The van der Waals surface area contributed by atoms with Crippen LogP contribution in [0, 0.1) is 0 Å². The van der Waals surface area contributed by atoms with E-state index in [4.69, 9.17) is 0 Å². The van der Waals surface area contributed by atoms with Gasteiger partial charge in [-0.15, -0.1) is 0 Å². The summed E-state index contributed by atoms with van der Waals surface area (Å²) in [6.45, 7) is 0. The first-order valence-electron chi connectivity index (χ1n) is 30.4. The predicted molar refractivity (Wildman–Crippen MR) is 360 cm³/mol. The zero-order valence-corrected chi connectivity index (χ0v) is 47.3. The molecule has 0 N–H and O–H groups in total. The normalized spacial score (nSPS) is 15.0. The fourth-order valence-electron chi connectivity index (χ4n) is 17.0. The van der Waals surface area contributed by atoms with Crippen LogP contribution in [-0.2, 0) is 10.8 Å². The van der Waals surface area contributed by atoms with E-state index in [2.05, 4.69) is 323 Å². The number of nitrogens with zero attached hydrogens (tertiary/aromatic N) is 3. The quantitative estimate of drug-likeness (QED) is 0.167. The Labute approximate surface area is 503 Å². The Kier molecular flexibility index (Phi) is 9.32. The third-order valence-corrected chi connectivity index (χ3v) is 20.3. The highest BCUT2D eigenvalue weighted by atomic mass is 15.1. The minimum absolute atomic E-state index is 0.554. The lowest BCUT2D eigenvalue weighted by molar-refractivity contribution is 0.748. The Bertz CT molecular complexity index is 5580. The van der Waals surface area contributed by atoms with Gasteiger partial charge >= 0.3 is 0 Å². The van der Waals surface area contributed by atoms with E-state index in [1.165, 1.54) is 138 Å². The molecule has 3 nitrogen and oxygen atoms in total. The van der Waals surface area contributed by atoms with E-state index >= 15 is 0 Å². The number of aromatic nitrogens is 2. The van der Waals surface area contributed by atoms with E-state index in [1.807, 2.05) is 0 Å². The third-order valence-electron chi connectivity index (χ3n) is 20.3. The Morgan fingerprint density at radius 1 is 0.253 bits per heavy atom. The van der Waals surface area contributed by atoms with Gasteiger partial charge in [0.05, 0.1) is 38.6 Å². The van der Waals surface area contributed by atoms with Gasteiger partial charge in [-0.25, -0.2) is 0 Å². The second kappa shape index (κ2) is 17.2. The summed E-state index contributed by atoms with van der Waals surface area (Å²) in [5.74, 6) is 0. The number of hydrogen-bond acceptors (Lipinski definition) is 1. The highest BCUT2D eigenvalue weighted by Crippen LogP contribution is 2.66. The van der Waals surface area contributed by atoms with Crippen LogP contribution in [0.25, 0.3) is 110 Å². The van der Waals surface area contributed by atoms with Crippen molar-refractivity contribution in [3.63, 3.8) is 0 Å². The van der Waals surface area contributed by atoms with Crippen molar-refractivity contribution in [3.05, 3.63) is 354 Å². The lowest BCUT2D eigenvalue weighted by Gasteiger charge is -2.40. The number of para-hydroxylation sites is 5. The molecular formula is C84H51N3. The molecule has 14 aromatic carbocycles. The average Bonchev–Trinajstić information content (AvgIpc) is 1.55. The van der Waals surface area contributed by atoms with Crippen LogP contribution in [-0.4, -0.2) is 9.13 Å². The lowest BCUT2D eigenvalue weighted by Crippen LogP contribution is -2.33. The number of fused-ring (bicyclic) bond motifs is 27. The summed E-state index contributed by atoms with van der Waals surface area (Å²) in [6, 6.07) is 117. The standard InChI is InChI=1S/C84H51N3/c1-2-22-59-53(19-1)41-48-73-81(59)68-47-45-58(51-76(68)83(73)69-30-9-3-23-60(69)61-24-4-10-31-70(61)83)85(55-42-39-52(40-43-55)54-20-17-21-56(49-54)86-77-35-13-6-26-64(77)65-27-7-14-36-78(65)86)57-44-46-63-62-25-5-11-32-71(62)84(75(63)50-57)72-33-12-16-38-80(72)87-79-37-15-8-28-66(79)67-29-18-34-74(84)82(67)87/h1-51H. The Morgan fingerprint density at radius 3 is 1.39 bits per heavy atom. The smallest absolute Gasteiger partial charge is 0.0755 e. The second-order valence-electron chi connectivity index (χ2n) is 24.2. The van der Waals surface area contributed by atoms with Crippen LogP contribution in [0.2, 0.25) is 0 Å². The molecule has 0 amide bonds. The maximum Gasteiger partial charge on any atom is 0.0755 e. The van der Waals surface area contributed by atoms with Crippen molar-refractivity contribution in [2.75, 3.05) is 4.90 Å². The van der Waals surface area contributed by atoms with E-state index in [0.717, 1.165) is 33.9 Å². The van der Waals surface area contributed by atoms with E-state index in [-0.39, 0.29) is 0 Å². The monoisotopic (exact) mass is 1100 g/mol. The predicted octanol–water partition coefficient (Wildman–Crippen LogP) is 21.2. The number of hydrogen-bond donors (Lipinski definition) is 0. The van der Waals surface area contributed by atoms with Crippen molar-refractivity contribution in [1.82, 2.24) is 9.13 Å². The van der Waals surface area contributed by atoms with Crippen LogP contribution in [0.4, 0.5) is 17.1 Å². The molecule has 0 bridgehead atoms. The third kappa shape index (κ3) is 5.95. The highest BCUT2D eigenvalue weighted by Gasteiger charge is 2.53. The fraction of sp³-hybridized carbons (Fsp3) is 0.0238. The average molecular weight is 1100 g/mol. The summed E-state index contributed by atoms with van der Waals surface area (Å²) >= 11 is 0. The lowest BCUT2D eigenvalue weighted by atomic mass is 9.65. The van der Waals surface area contributed by atoms with Gasteiger partial charge in [0.2, 0.25) is 0 Å². The molecule has 16 aromatic rings. The van der Waals surface area contributed by atoms with Crippen molar-refractivity contribution in [2.45, 2.75) is 10.8 Å². The number of rotatable bonds is 5. The van der Waals surface area contributed by atoms with Crippen LogP contribution >= 0.6 is 0 Å². The van der Waals surface area contributed by atoms with Gasteiger partial charge in [-0.3, -0.25) is 0 Å². The molecule has 3 heteroatoms. The van der Waals surface area contributed by atoms with Gasteiger partial charge in [0.1, 0.15) is 0 Å². The van der Waals surface area contributed by atoms with Gasteiger partial charge in [0.15, 0.2) is 0 Å². The summed E-state index contributed by atoms with van der Waals surface area (Å²) in [4.78, 5) is 2.55. The molecule has 87 heavy (non-hydrogen) atoms. The molecule has 3 heterocycles. The van der Waals surface area contributed by atoms with Gasteiger partial charge in [-0.2, -0.15) is 0 Å². The number of anilines is 3. The molecule has 1 aliphatic heterocycles. The highest BCUT2D eigenvalue weighted by molar-refractivity contribution is 6.14. The molecule has 4 aliphatic rings. The number of benzene rings is 14. The Balaban J connectivity index is 0.835. The molecule has 3 aliphatic carbocycles. The molecule has 2 aromatic heterocycles. The van der Waals surface area contributed by atoms with Crippen molar-refractivity contribution in [2.24, 2.45) is 0 Å². The Hall–Kier alpha value is -11.3. The summed E-state index contributed by atoms with van der Waals surface area (Å²) < 4.78 is 4.95. The van der Waals surface area contributed by atoms with Crippen LogP contribution in [0.1, 0.15) is 44.5 Å². The largest absolute Gasteiger partial charge is 0.310 e. The molecular weight excluding hydrogens is 1050 g/mol. The minimum Gasteiger partial charge on any atom is -0.310 e. The van der Waals surface area contributed by atoms with Crippen LogP contribution in [0.3, 0.4) is 0 Å². The van der Waals surface area contributed by atoms with Gasteiger partial charge in [-0.05, 0) is 173 Å². The first kappa shape index (κ1) is 47.1. The molecule has 0 radical (unpaired) electrons. The fourth-order valence-corrected chi connectivity index (χ4v) is 17.0. The molecule has 0 saturated carbocycles. The van der Waals surface area contributed by atoms with E-state index < -0.39 is 10.8 Å².